The molecule has 3 aromatic carbocycles. The molecule has 2 fully saturated rings. The van der Waals surface area contributed by atoms with Gasteiger partial charge in [-0.25, -0.2) is 9.69 Å². The summed E-state index contributed by atoms with van der Waals surface area (Å²) in [6.45, 7) is 7.00. The van der Waals surface area contributed by atoms with Crippen LogP contribution in [0.3, 0.4) is 0 Å². The summed E-state index contributed by atoms with van der Waals surface area (Å²) in [6.07, 6.45) is 1.22. The molecular formula is C25H24N2O2. The number of carbonyl (C=O) groups excluding carboxylic acids is 1. The van der Waals surface area contributed by atoms with E-state index >= 15 is 0 Å². The second-order valence-corrected chi connectivity index (χ2v) is 7.90. The van der Waals surface area contributed by atoms with Crippen LogP contribution >= 0.6 is 0 Å². The maximum absolute atomic E-state index is 12.9. The fraction of sp³-hybridized carbons (Fsp3) is 0.240. The number of fused-ring (bicyclic) bond motifs is 1. The van der Waals surface area contributed by atoms with Gasteiger partial charge in [-0.1, -0.05) is 73.3 Å². The highest BCUT2D eigenvalue weighted by Gasteiger charge is 2.51. The van der Waals surface area contributed by atoms with Gasteiger partial charge in [-0.2, -0.15) is 0 Å². The Labute approximate surface area is 171 Å². The number of benzene rings is 3. The highest BCUT2D eigenvalue weighted by atomic mass is 16.6. The first-order valence-electron chi connectivity index (χ1n) is 10.1. The molecular weight excluding hydrogens is 360 g/mol. The van der Waals surface area contributed by atoms with Gasteiger partial charge in [0.2, 0.25) is 0 Å². The molecule has 0 unspecified atom stereocenters. The van der Waals surface area contributed by atoms with Crippen LogP contribution in [0.2, 0.25) is 0 Å². The monoisotopic (exact) mass is 384 g/mol. The maximum atomic E-state index is 12.9. The Morgan fingerprint density at radius 3 is 2.38 bits per heavy atom. The van der Waals surface area contributed by atoms with E-state index < -0.39 is 5.60 Å². The zero-order valence-electron chi connectivity index (χ0n) is 16.4. The highest BCUT2D eigenvalue weighted by molar-refractivity contribution is 6.05. The van der Waals surface area contributed by atoms with Gasteiger partial charge in [-0.3, -0.25) is 4.90 Å². The van der Waals surface area contributed by atoms with Crippen molar-refractivity contribution in [3.05, 3.63) is 90.6 Å². The largest absolute Gasteiger partial charge is 0.436 e. The topological polar surface area (TPSA) is 32.8 Å². The molecule has 2 aliphatic rings. The molecule has 4 nitrogen and oxygen atoms in total. The molecule has 0 bridgehead atoms. The summed E-state index contributed by atoms with van der Waals surface area (Å²) in [5.74, 6) is 0. The summed E-state index contributed by atoms with van der Waals surface area (Å²) < 4.78 is 5.98. The van der Waals surface area contributed by atoms with E-state index in [1.807, 2.05) is 36.4 Å². The Hall–Kier alpha value is -3.11. The van der Waals surface area contributed by atoms with Gasteiger partial charge in [0.05, 0.1) is 11.4 Å². The number of nitrogens with zero attached hydrogens (tertiary/aromatic N) is 2. The minimum Gasteiger partial charge on any atom is -0.436 e. The third-order valence-corrected chi connectivity index (χ3v) is 6.18. The number of amides is 1. The summed E-state index contributed by atoms with van der Waals surface area (Å²) in [4.78, 5) is 17.0. The van der Waals surface area contributed by atoms with Crippen LogP contribution in [-0.4, -0.2) is 29.7 Å². The summed E-state index contributed by atoms with van der Waals surface area (Å²) in [5.41, 5.74) is 2.32. The average Bonchev–Trinajstić information content (AvgIpc) is 2.99. The van der Waals surface area contributed by atoms with Crippen LogP contribution < -0.4 is 4.90 Å². The maximum Gasteiger partial charge on any atom is 0.419 e. The van der Waals surface area contributed by atoms with E-state index in [9.17, 15) is 4.79 Å². The van der Waals surface area contributed by atoms with E-state index in [-0.39, 0.29) is 6.09 Å². The van der Waals surface area contributed by atoms with Crippen LogP contribution in [0.15, 0.2) is 85.1 Å². The molecule has 5 rings (SSSR count). The fourth-order valence-electron chi connectivity index (χ4n) is 4.54. The number of piperidine rings is 1. The minimum absolute atomic E-state index is 0.317. The second-order valence-electron chi connectivity index (χ2n) is 7.90. The van der Waals surface area contributed by atoms with E-state index in [1.165, 1.54) is 5.56 Å². The SMILES string of the molecule is C=C1N(c2cccc3ccccc23)C(=O)OC12CCN(Cc1ccccc1)CC2. The van der Waals surface area contributed by atoms with Crippen molar-refractivity contribution in [2.75, 3.05) is 18.0 Å². The van der Waals surface area contributed by atoms with E-state index in [4.69, 9.17) is 4.74 Å². The molecule has 1 spiro atoms. The summed E-state index contributed by atoms with van der Waals surface area (Å²) in [5, 5.41) is 2.14. The van der Waals surface area contributed by atoms with Gasteiger partial charge in [-0.15, -0.1) is 0 Å². The Morgan fingerprint density at radius 2 is 1.59 bits per heavy atom. The van der Waals surface area contributed by atoms with Crippen molar-refractivity contribution in [2.45, 2.75) is 25.0 Å². The number of hydrogen-bond acceptors (Lipinski definition) is 3. The molecule has 0 aromatic heterocycles. The molecule has 2 heterocycles. The van der Waals surface area contributed by atoms with Crippen molar-refractivity contribution in [1.29, 1.82) is 0 Å². The highest BCUT2D eigenvalue weighted by Crippen LogP contribution is 2.44. The van der Waals surface area contributed by atoms with Gasteiger partial charge in [-0.05, 0) is 17.0 Å². The standard InChI is InChI=1S/C25H24N2O2/c1-19-25(14-16-26(17-15-25)18-20-8-3-2-4-9-20)29-24(28)27(19)23-13-7-11-21-10-5-6-12-22(21)23/h2-13H,1,14-18H2. The lowest BCUT2D eigenvalue weighted by atomic mass is 9.88. The van der Waals surface area contributed by atoms with Gasteiger partial charge < -0.3 is 4.74 Å². The first kappa shape index (κ1) is 18.0. The van der Waals surface area contributed by atoms with Crippen molar-refractivity contribution in [3.63, 3.8) is 0 Å². The molecule has 0 atom stereocenters. The number of anilines is 1. The zero-order valence-corrected chi connectivity index (χ0v) is 16.4. The second kappa shape index (κ2) is 7.05. The van der Waals surface area contributed by atoms with Gasteiger partial charge in [0.25, 0.3) is 0 Å². The van der Waals surface area contributed by atoms with Gasteiger partial charge >= 0.3 is 6.09 Å². The zero-order chi connectivity index (χ0) is 19.8. The Balaban J connectivity index is 1.37. The predicted octanol–water partition coefficient (Wildman–Crippen LogP) is 5.34. The lowest BCUT2D eigenvalue weighted by Crippen LogP contribution is -2.45. The number of hydrogen-bond donors (Lipinski definition) is 0. The normalized spacial score (nSPS) is 19.1. The summed E-state index contributed by atoms with van der Waals surface area (Å²) >= 11 is 0. The van der Waals surface area contributed by atoms with Crippen molar-refractivity contribution in [2.24, 2.45) is 0 Å². The fourth-order valence-corrected chi connectivity index (χ4v) is 4.54. The van der Waals surface area contributed by atoms with Crippen LogP contribution in [0.4, 0.5) is 10.5 Å². The first-order chi connectivity index (χ1) is 14.2. The van der Waals surface area contributed by atoms with Gasteiger partial charge in [0.15, 0.2) is 5.60 Å². The third-order valence-electron chi connectivity index (χ3n) is 6.18. The van der Waals surface area contributed by atoms with Crippen molar-refractivity contribution < 1.29 is 9.53 Å². The number of rotatable bonds is 3. The minimum atomic E-state index is -0.596. The number of ether oxygens (including phenoxy) is 1. The lowest BCUT2D eigenvalue weighted by molar-refractivity contribution is 0.0130. The van der Waals surface area contributed by atoms with Crippen LogP contribution in [0.5, 0.6) is 0 Å². The van der Waals surface area contributed by atoms with E-state index in [1.54, 1.807) is 4.90 Å². The van der Waals surface area contributed by atoms with Crippen LogP contribution in [0.25, 0.3) is 10.8 Å². The summed E-state index contributed by atoms with van der Waals surface area (Å²) in [6, 6.07) is 24.6. The van der Waals surface area contributed by atoms with E-state index in [0.717, 1.165) is 54.6 Å². The van der Waals surface area contributed by atoms with Crippen molar-refractivity contribution in [3.8, 4) is 0 Å². The molecule has 0 N–H and O–H groups in total. The smallest absolute Gasteiger partial charge is 0.419 e. The third kappa shape index (κ3) is 3.10. The first-order valence-corrected chi connectivity index (χ1v) is 10.1. The lowest BCUT2D eigenvalue weighted by Gasteiger charge is -2.38. The van der Waals surface area contributed by atoms with Crippen molar-refractivity contribution in [1.82, 2.24) is 4.90 Å². The molecule has 1 amide bonds. The van der Waals surface area contributed by atoms with Crippen LogP contribution in [0, 0.1) is 0 Å². The molecule has 0 saturated carbocycles. The molecule has 2 aliphatic heterocycles. The molecule has 0 aliphatic carbocycles. The van der Waals surface area contributed by atoms with Crippen LogP contribution in [-0.2, 0) is 11.3 Å². The van der Waals surface area contributed by atoms with Gasteiger partial charge in [0.1, 0.15) is 0 Å². The number of likely N-dealkylation sites (tertiary alicyclic amines) is 1. The Bertz CT molecular complexity index is 1060. The van der Waals surface area contributed by atoms with Gasteiger partial charge in [0, 0.05) is 37.9 Å². The number of carbonyl (C=O) groups is 1. The van der Waals surface area contributed by atoms with E-state index in [2.05, 4.69) is 47.9 Å². The summed E-state index contributed by atoms with van der Waals surface area (Å²) in [7, 11) is 0. The molecule has 4 heteroatoms. The molecule has 3 aromatic rings. The molecule has 0 radical (unpaired) electrons. The van der Waals surface area contributed by atoms with E-state index in [0.29, 0.717) is 0 Å². The van der Waals surface area contributed by atoms with Crippen LogP contribution in [0.1, 0.15) is 18.4 Å². The molecule has 146 valence electrons. The molecule has 2 saturated heterocycles. The average molecular weight is 384 g/mol. The predicted molar refractivity (Wildman–Crippen MR) is 116 cm³/mol. The Morgan fingerprint density at radius 1 is 0.897 bits per heavy atom. The molecule has 29 heavy (non-hydrogen) atoms. The van der Waals surface area contributed by atoms with Crippen molar-refractivity contribution >= 4 is 22.6 Å². The quantitative estimate of drug-likeness (QED) is 0.611. The Kier molecular flexibility index (Phi) is 4.36.